The molecule has 4 rings (SSSR count). The lowest BCUT2D eigenvalue weighted by atomic mass is 10.1. The lowest BCUT2D eigenvalue weighted by molar-refractivity contribution is 1.60. The van der Waals surface area contributed by atoms with Crippen molar-refractivity contribution in [2.45, 2.75) is 0 Å². The third kappa shape index (κ3) is 2.20. The van der Waals surface area contributed by atoms with E-state index in [4.69, 9.17) is 11.6 Å². The highest BCUT2D eigenvalue weighted by Crippen LogP contribution is 2.34. The first-order valence-corrected chi connectivity index (χ1v) is 7.63. The predicted molar refractivity (Wildman–Crippen MR) is 96.2 cm³/mol. The van der Waals surface area contributed by atoms with Gasteiger partial charge in [0, 0.05) is 16.5 Å². The summed E-state index contributed by atoms with van der Waals surface area (Å²) in [7, 11) is 0. The number of fused-ring (bicyclic) bond motifs is 2. The lowest BCUT2D eigenvalue weighted by Crippen LogP contribution is -1.93. The van der Waals surface area contributed by atoms with Crippen LogP contribution in [0.1, 0.15) is 0 Å². The Balaban J connectivity index is 1.84. The molecule has 0 atom stereocenters. The molecule has 1 nitrogen and oxygen atoms in total. The molecule has 0 spiro atoms. The van der Waals surface area contributed by atoms with E-state index in [0.717, 1.165) is 27.2 Å². The minimum absolute atomic E-state index is 0.756. The Morgan fingerprint density at radius 1 is 0.545 bits per heavy atom. The zero-order valence-electron chi connectivity index (χ0n) is 11.9. The molecule has 0 aliphatic rings. The largest absolute Gasteiger partial charge is 0.354 e. The van der Waals surface area contributed by atoms with Crippen molar-refractivity contribution in [2.75, 3.05) is 5.32 Å². The molecule has 0 heterocycles. The first-order chi connectivity index (χ1) is 10.8. The van der Waals surface area contributed by atoms with Crippen LogP contribution in [0.4, 0.5) is 11.4 Å². The molecule has 0 saturated carbocycles. The fourth-order valence-corrected chi connectivity index (χ4v) is 3.09. The molecular formula is C20H14ClN. The van der Waals surface area contributed by atoms with Gasteiger partial charge < -0.3 is 5.32 Å². The van der Waals surface area contributed by atoms with Crippen LogP contribution in [0.5, 0.6) is 0 Å². The molecule has 0 aromatic heterocycles. The van der Waals surface area contributed by atoms with Crippen LogP contribution in [0, 0.1) is 0 Å². The van der Waals surface area contributed by atoms with Crippen molar-refractivity contribution in [1.29, 1.82) is 0 Å². The number of anilines is 2. The van der Waals surface area contributed by atoms with Crippen LogP contribution in [0.25, 0.3) is 21.5 Å². The van der Waals surface area contributed by atoms with Crippen LogP contribution in [0.2, 0.25) is 5.02 Å². The maximum Gasteiger partial charge on any atom is 0.0719 e. The third-order valence-electron chi connectivity index (χ3n) is 3.92. The summed E-state index contributed by atoms with van der Waals surface area (Å²) in [4.78, 5) is 0. The molecule has 0 aliphatic carbocycles. The van der Waals surface area contributed by atoms with Gasteiger partial charge in [-0.3, -0.25) is 0 Å². The highest BCUT2D eigenvalue weighted by atomic mass is 35.5. The molecule has 0 radical (unpaired) electrons. The van der Waals surface area contributed by atoms with Crippen molar-refractivity contribution < 1.29 is 0 Å². The van der Waals surface area contributed by atoms with Crippen molar-refractivity contribution in [2.24, 2.45) is 0 Å². The highest BCUT2D eigenvalue weighted by Gasteiger charge is 2.07. The van der Waals surface area contributed by atoms with Crippen LogP contribution in [-0.4, -0.2) is 0 Å². The number of nitrogens with one attached hydrogen (secondary N) is 1. The second-order valence-electron chi connectivity index (χ2n) is 5.30. The second-order valence-corrected chi connectivity index (χ2v) is 5.68. The van der Waals surface area contributed by atoms with Crippen LogP contribution < -0.4 is 5.32 Å². The van der Waals surface area contributed by atoms with E-state index in [1.807, 2.05) is 24.3 Å². The molecule has 0 bridgehead atoms. The van der Waals surface area contributed by atoms with E-state index >= 15 is 0 Å². The zero-order valence-corrected chi connectivity index (χ0v) is 12.6. The van der Waals surface area contributed by atoms with Crippen molar-refractivity contribution in [3.05, 3.63) is 83.9 Å². The van der Waals surface area contributed by atoms with E-state index < -0.39 is 0 Å². The first-order valence-electron chi connectivity index (χ1n) is 7.25. The second kappa shape index (κ2) is 5.36. The zero-order chi connectivity index (χ0) is 14.9. The Bertz CT molecular complexity index is 970. The Kier molecular flexibility index (Phi) is 3.21. The fraction of sp³-hybridized carbons (Fsp3) is 0. The van der Waals surface area contributed by atoms with Gasteiger partial charge in [0.05, 0.1) is 10.7 Å². The van der Waals surface area contributed by atoms with Crippen molar-refractivity contribution in [3.63, 3.8) is 0 Å². The Morgan fingerprint density at radius 2 is 1.18 bits per heavy atom. The summed E-state index contributed by atoms with van der Waals surface area (Å²) in [5.41, 5.74) is 1.99. The maximum absolute atomic E-state index is 6.58. The molecule has 22 heavy (non-hydrogen) atoms. The summed E-state index contributed by atoms with van der Waals surface area (Å²) in [6.07, 6.45) is 0. The SMILES string of the molecule is Clc1c(Nc2cccc3ccccc23)ccc2ccccc12. The van der Waals surface area contributed by atoms with Gasteiger partial charge >= 0.3 is 0 Å². The minimum Gasteiger partial charge on any atom is -0.354 e. The summed E-state index contributed by atoms with van der Waals surface area (Å²) >= 11 is 6.58. The summed E-state index contributed by atoms with van der Waals surface area (Å²) < 4.78 is 0. The van der Waals surface area contributed by atoms with E-state index in [1.165, 1.54) is 10.8 Å². The molecular weight excluding hydrogens is 290 g/mol. The molecule has 0 unspecified atom stereocenters. The average molecular weight is 304 g/mol. The molecule has 1 N–H and O–H groups in total. The number of hydrogen-bond acceptors (Lipinski definition) is 1. The van der Waals surface area contributed by atoms with Crippen LogP contribution in [0.15, 0.2) is 78.9 Å². The molecule has 4 aromatic carbocycles. The van der Waals surface area contributed by atoms with Crippen LogP contribution in [-0.2, 0) is 0 Å². The smallest absolute Gasteiger partial charge is 0.0719 e. The number of hydrogen-bond donors (Lipinski definition) is 1. The van der Waals surface area contributed by atoms with E-state index in [1.54, 1.807) is 0 Å². The molecule has 0 saturated heterocycles. The molecule has 4 aromatic rings. The molecule has 0 aliphatic heterocycles. The highest BCUT2D eigenvalue weighted by molar-refractivity contribution is 6.38. The summed E-state index contributed by atoms with van der Waals surface area (Å²) in [5.74, 6) is 0. The van der Waals surface area contributed by atoms with E-state index in [0.29, 0.717) is 0 Å². The fourth-order valence-electron chi connectivity index (χ4n) is 2.81. The number of benzene rings is 4. The van der Waals surface area contributed by atoms with E-state index in [9.17, 15) is 0 Å². The average Bonchev–Trinajstić information content (AvgIpc) is 2.58. The monoisotopic (exact) mass is 303 g/mol. The molecule has 2 heteroatoms. The van der Waals surface area contributed by atoms with Gasteiger partial charge in [-0.05, 0) is 22.9 Å². The standard InChI is InChI=1S/C20H14ClN/c21-20-17-10-4-2-7-15(17)12-13-19(20)22-18-11-5-8-14-6-1-3-9-16(14)18/h1-13,22H. The molecule has 0 amide bonds. The van der Waals surface area contributed by atoms with Gasteiger partial charge in [0.15, 0.2) is 0 Å². The summed E-state index contributed by atoms with van der Waals surface area (Å²) in [6.45, 7) is 0. The number of rotatable bonds is 2. The van der Waals surface area contributed by atoms with Crippen LogP contribution >= 0.6 is 11.6 Å². The van der Waals surface area contributed by atoms with Gasteiger partial charge in [-0.1, -0.05) is 78.3 Å². The normalized spacial score (nSPS) is 11.0. The van der Waals surface area contributed by atoms with Crippen molar-refractivity contribution >= 4 is 44.5 Å². The summed E-state index contributed by atoms with van der Waals surface area (Å²) in [5, 5.41) is 8.85. The molecule has 106 valence electrons. The Labute approximate surface area is 134 Å². The summed E-state index contributed by atoms with van der Waals surface area (Å²) in [6, 6.07) is 26.9. The van der Waals surface area contributed by atoms with Gasteiger partial charge in [-0.25, -0.2) is 0 Å². The van der Waals surface area contributed by atoms with Gasteiger partial charge in [0.2, 0.25) is 0 Å². The Morgan fingerprint density at radius 3 is 2.00 bits per heavy atom. The van der Waals surface area contributed by atoms with Gasteiger partial charge in [0.1, 0.15) is 0 Å². The van der Waals surface area contributed by atoms with Crippen molar-refractivity contribution in [3.8, 4) is 0 Å². The van der Waals surface area contributed by atoms with Gasteiger partial charge in [0.25, 0.3) is 0 Å². The van der Waals surface area contributed by atoms with Crippen LogP contribution in [0.3, 0.4) is 0 Å². The van der Waals surface area contributed by atoms with Gasteiger partial charge in [-0.15, -0.1) is 0 Å². The maximum atomic E-state index is 6.58. The van der Waals surface area contributed by atoms with Crippen molar-refractivity contribution in [1.82, 2.24) is 0 Å². The quantitative estimate of drug-likeness (QED) is 0.452. The predicted octanol–water partition coefficient (Wildman–Crippen LogP) is 6.39. The Hall–Kier alpha value is -2.51. The first kappa shape index (κ1) is 13.2. The third-order valence-corrected chi connectivity index (χ3v) is 4.33. The lowest BCUT2D eigenvalue weighted by Gasteiger charge is -2.13. The number of halogens is 1. The minimum atomic E-state index is 0.756. The molecule has 0 fully saturated rings. The van der Waals surface area contributed by atoms with E-state index in [2.05, 4.69) is 59.9 Å². The van der Waals surface area contributed by atoms with E-state index in [-0.39, 0.29) is 0 Å². The topological polar surface area (TPSA) is 12.0 Å². The van der Waals surface area contributed by atoms with Gasteiger partial charge in [-0.2, -0.15) is 0 Å².